The Bertz CT molecular complexity index is 1790. The number of hydrogen-bond donors (Lipinski definition) is 0. The van der Waals surface area contributed by atoms with E-state index in [4.69, 9.17) is 0 Å². The van der Waals surface area contributed by atoms with Crippen LogP contribution < -0.4 is 0 Å². The first-order chi connectivity index (χ1) is 21.0. The molecule has 44 heavy (non-hydrogen) atoms. The summed E-state index contributed by atoms with van der Waals surface area (Å²) in [4.78, 5) is 17.8. The number of hydrogen-bond acceptors (Lipinski definition) is 5. The van der Waals surface area contributed by atoms with Crippen molar-refractivity contribution in [2.24, 2.45) is 5.41 Å². The molecule has 2 fully saturated rings. The molecule has 0 aliphatic heterocycles. The summed E-state index contributed by atoms with van der Waals surface area (Å²) in [7, 11) is -1.63. The molecule has 0 spiro atoms. The maximum atomic E-state index is 14.4. The minimum atomic E-state index is -4.63. The van der Waals surface area contributed by atoms with E-state index in [1.165, 1.54) is 36.4 Å². The molecule has 7 rings (SSSR count). The molecule has 3 atom stereocenters. The average Bonchev–Trinajstić information content (AvgIpc) is 3.53. The molecule has 2 saturated carbocycles. The monoisotopic (exact) mass is 644 g/mol. The predicted octanol–water partition coefficient (Wildman–Crippen LogP) is 7.17. The minimum Gasteiger partial charge on any atom is -0.290 e. The van der Waals surface area contributed by atoms with E-state index in [2.05, 4.69) is 10.1 Å². The number of carbonyl (C=O) groups is 1. The van der Waals surface area contributed by atoms with Gasteiger partial charge in [0, 0.05) is 12.1 Å². The van der Waals surface area contributed by atoms with Gasteiger partial charge in [-0.2, -0.15) is 18.3 Å². The van der Waals surface area contributed by atoms with Gasteiger partial charge in [-0.15, -0.1) is 11.3 Å². The van der Waals surface area contributed by atoms with Crippen molar-refractivity contribution < 1.29 is 31.0 Å². The fraction of sp³-hybridized carbons (Fsp3) is 0.323. The largest absolute Gasteiger partial charge is 0.427 e. The van der Waals surface area contributed by atoms with Crippen molar-refractivity contribution in [3.05, 3.63) is 99.3 Å². The molecule has 2 aromatic heterocycles. The molecule has 0 saturated heterocycles. The second kappa shape index (κ2) is 10.8. The van der Waals surface area contributed by atoms with Crippen molar-refractivity contribution in [3.8, 4) is 5.69 Å². The Morgan fingerprint density at radius 3 is 2.30 bits per heavy atom. The number of Topliss-reactive ketones (excluding diaryl/α,β-unsaturated/α-hetero) is 1. The summed E-state index contributed by atoms with van der Waals surface area (Å²) in [6.45, 7) is 0. The molecule has 3 unspecified atom stereocenters. The molecular formula is C31H25F5N4O2S2. The lowest BCUT2D eigenvalue weighted by Crippen LogP contribution is -2.50. The summed E-state index contributed by atoms with van der Waals surface area (Å²) in [5.41, 5.74) is 1.59. The number of benzene rings is 2. The molecule has 228 valence electrons. The number of fused-ring (bicyclic) bond motifs is 2. The maximum absolute atomic E-state index is 14.4. The van der Waals surface area contributed by atoms with E-state index >= 15 is 0 Å². The zero-order chi connectivity index (χ0) is 30.8. The molecule has 2 heterocycles. The lowest BCUT2D eigenvalue weighted by molar-refractivity contribution is -0.134. The highest BCUT2D eigenvalue weighted by molar-refractivity contribution is 7.82. The number of nitrogens with zero attached hydrogens (tertiary/aromatic N) is 4. The quantitative estimate of drug-likeness (QED) is 0.158. The Balaban J connectivity index is 1.29. The van der Waals surface area contributed by atoms with Crippen molar-refractivity contribution in [2.75, 3.05) is 0 Å². The van der Waals surface area contributed by atoms with E-state index in [1.807, 2.05) is 10.4 Å². The number of aromatic nitrogens is 3. The zero-order valence-electron chi connectivity index (χ0n) is 23.1. The van der Waals surface area contributed by atoms with Gasteiger partial charge in [0.1, 0.15) is 27.5 Å². The molecule has 3 aliphatic rings. The molecule has 0 N–H and O–H groups in total. The average molecular weight is 645 g/mol. The van der Waals surface area contributed by atoms with Crippen LogP contribution in [0.5, 0.6) is 0 Å². The lowest BCUT2D eigenvalue weighted by atomic mass is 9.61. The van der Waals surface area contributed by atoms with E-state index in [-0.39, 0.29) is 29.9 Å². The second-order valence-corrected chi connectivity index (χ2v) is 13.8. The number of halogens is 5. The molecular weight excluding hydrogens is 619 g/mol. The number of rotatable bonds is 7. The smallest absolute Gasteiger partial charge is 0.290 e. The van der Waals surface area contributed by atoms with Gasteiger partial charge < -0.3 is 0 Å². The zero-order valence-corrected chi connectivity index (χ0v) is 24.7. The Hall–Kier alpha value is -3.55. The summed E-state index contributed by atoms with van der Waals surface area (Å²) in [6.07, 6.45) is 2.61. The summed E-state index contributed by atoms with van der Waals surface area (Å²) < 4.78 is 85.2. The van der Waals surface area contributed by atoms with E-state index < -0.39 is 44.9 Å². The molecule has 0 bridgehead atoms. The molecule has 0 radical (unpaired) electrons. The van der Waals surface area contributed by atoms with Crippen LogP contribution in [0.25, 0.3) is 11.8 Å². The van der Waals surface area contributed by atoms with E-state index in [0.717, 1.165) is 29.7 Å². The van der Waals surface area contributed by atoms with Crippen molar-refractivity contribution >= 4 is 34.2 Å². The number of allylic oxidation sites excluding steroid dienone is 1. The van der Waals surface area contributed by atoms with Crippen LogP contribution in [0.2, 0.25) is 0 Å². The molecule has 13 heteroatoms. The van der Waals surface area contributed by atoms with Crippen LogP contribution in [0.4, 0.5) is 22.0 Å². The minimum absolute atomic E-state index is 0.0145. The summed E-state index contributed by atoms with van der Waals surface area (Å²) in [5, 5.41) is 4.28. The first-order valence-corrected chi connectivity index (χ1v) is 16.0. The number of alkyl halides is 3. The van der Waals surface area contributed by atoms with Gasteiger partial charge >= 0.3 is 6.18 Å². The van der Waals surface area contributed by atoms with Crippen LogP contribution in [0.3, 0.4) is 0 Å². The van der Waals surface area contributed by atoms with Gasteiger partial charge in [0.25, 0.3) is 0 Å². The van der Waals surface area contributed by atoms with E-state index in [0.29, 0.717) is 41.0 Å². The van der Waals surface area contributed by atoms with E-state index in [1.54, 1.807) is 23.0 Å². The third-order valence-electron chi connectivity index (χ3n) is 8.59. The van der Waals surface area contributed by atoms with E-state index in [9.17, 15) is 31.0 Å². The third kappa shape index (κ3) is 5.14. The molecule has 3 aliphatic carbocycles. The second-order valence-electron chi connectivity index (χ2n) is 11.4. The summed E-state index contributed by atoms with van der Waals surface area (Å²) in [6, 6.07) is 11.0. The molecule has 2 aromatic carbocycles. The normalized spacial score (nSPS) is 22.3. The van der Waals surface area contributed by atoms with Crippen LogP contribution in [0.1, 0.15) is 58.0 Å². The topological polar surface area (TPSA) is 68.1 Å². The van der Waals surface area contributed by atoms with Gasteiger partial charge in [-0.1, -0.05) is 5.57 Å². The molecule has 4 aromatic rings. The molecule has 6 nitrogen and oxygen atoms in total. The maximum Gasteiger partial charge on any atom is 0.427 e. The van der Waals surface area contributed by atoms with Gasteiger partial charge in [0.05, 0.1) is 34.1 Å². The van der Waals surface area contributed by atoms with Crippen LogP contribution in [-0.2, 0) is 23.6 Å². The molecule has 0 amide bonds. The summed E-state index contributed by atoms with van der Waals surface area (Å²) >= 11 is 0.331. The fourth-order valence-electron chi connectivity index (χ4n) is 6.37. The first kappa shape index (κ1) is 29.2. The third-order valence-corrected chi connectivity index (χ3v) is 11.3. The van der Waals surface area contributed by atoms with Crippen molar-refractivity contribution in [3.63, 3.8) is 0 Å². The Morgan fingerprint density at radius 1 is 0.977 bits per heavy atom. The van der Waals surface area contributed by atoms with Crippen molar-refractivity contribution in [2.45, 2.75) is 61.7 Å². The van der Waals surface area contributed by atoms with Crippen LogP contribution in [0, 0.1) is 17.0 Å². The highest BCUT2D eigenvalue weighted by Crippen LogP contribution is 2.53. The first-order valence-electron chi connectivity index (χ1n) is 14.1. The highest BCUT2D eigenvalue weighted by atomic mass is 32.2. The van der Waals surface area contributed by atoms with Crippen LogP contribution in [-0.4, -0.2) is 41.1 Å². The van der Waals surface area contributed by atoms with Crippen molar-refractivity contribution in [1.82, 2.24) is 19.1 Å². The summed E-state index contributed by atoms with van der Waals surface area (Å²) in [5.74, 6) is -1.34. The SMILES string of the molecule is O=C(c1ncc(C(F)(F)F)s1)C12Cc3cnn(-c4ccc(F)cc4)c3C=C1CCC(N(C1CC1)S(=O)c1ccc(F)cc1)C2. The van der Waals surface area contributed by atoms with Crippen LogP contribution in [0.15, 0.2) is 71.4 Å². The van der Waals surface area contributed by atoms with Gasteiger partial charge in [-0.3, -0.25) is 4.79 Å². The van der Waals surface area contributed by atoms with Gasteiger partial charge in [-0.25, -0.2) is 27.0 Å². The lowest BCUT2D eigenvalue weighted by Gasteiger charge is -2.46. The Kier molecular flexibility index (Phi) is 7.17. The van der Waals surface area contributed by atoms with Crippen LogP contribution >= 0.6 is 11.3 Å². The predicted molar refractivity (Wildman–Crippen MR) is 154 cm³/mol. The van der Waals surface area contributed by atoms with Gasteiger partial charge in [0.2, 0.25) is 5.78 Å². The fourth-order valence-corrected chi connectivity index (χ4v) is 8.74. The highest BCUT2D eigenvalue weighted by Gasteiger charge is 2.53. The Labute approximate surface area is 255 Å². The number of thiazole rings is 1. The van der Waals surface area contributed by atoms with Gasteiger partial charge in [-0.05, 0) is 98.7 Å². The number of carbonyl (C=O) groups excluding carboxylic acids is 1. The standard InChI is InChI=1S/C31H25F5N4O2S2/c32-20-2-7-22(8-3-20)39-26-13-19-1-6-24(40(23-9-10-23)44(42)25-11-4-21(33)5-12-25)15-30(19,14-18(26)16-38-39)28(41)29-37-17-27(43-29)31(34,35)36/h2-5,7-8,11-13,16-17,23-24H,1,6,9-10,14-15H2. The van der Waals surface area contributed by atoms with Gasteiger partial charge in [0.15, 0.2) is 5.01 Å². The Morgan fingerprint density at radius 2 is 1.66 bits per heavy atom. The number of ketones is 1. The van der Waals surface area contributed by atoms with Crippen molar-refractivity contribution in [1.29, 1.82) is 0 Å².